The van der Waals surface area contributed by atoms with Gasteiger partial charge in [-0.3, -0.25) is 10.1 Å². The van der Waals surface area contributed by atoms with Crippen molar-refractivity contribution in [3.63, 3.8) is 0 Å². The highest BCUT2D eigenvalue weighted by Gasteiger charge is 2.13. The van der Waals surface area contributed by atoms with E-state index in [1.54, 1.807) is 6.07 Å². The van der Waals surface area contributed by atoms with Crippen molar-refractivity contribution in [3.05, 3.63) is 58.4 Å². The van der Waals surface area contributed by atoms with Crippen LogP contribution in [0.4, 0.5) is 9.52 Å². The quantitative estimate of drug-likeness (QED) is 0.747. The number of nitrogens with one attached hydrogen (secondary N) is 1. The summed E-state index contributed by atoms with van der Waals surface area (Å²) in [6.45, 7) is 0. The molecule has 0 atom stereocenters. The highest BCUT2D eigenvalue weighted by Crippen LogP contribution is 2.27. The van der Waals surface area contributed by atoms with Crippen LogP contribution in [0.3, 0.4) is 0 Å². The van der Waals surface area contributed by atoms with E-state index in [1.165, 1.54) is 24.3 Å². The number of fused-ring (bicyclic) bond motifs is 1. The first kappa shape index (κ1) is 15.4. The Balaban J connectivity index is 1.87. The molecule has 5 nitrogen and oxygen atoms in total. The Morgan fingerprint density at radius 3 is 2.61 bits per heavy atom. The number of aromatic nitrogens is 1. The zero-order valence-electron chi connectivity index (χ0n) is 11.3. The van der Waals surface area contributed by atoms with Gasteiger partial charge in [0.2, 0.25) is 0 Å². The topological polar surface area (TPSA) is 79.3 Å². The minimum absolute atomic E-state index is 0.0669. The van der Waals surface area contributed by atoms with E-state index in [4.69, 9.17) is 16.7 Å². The molecule has 3 aromatic rings. The van der Waals surface area contributed by atoms with Gasteiger partial charge in [-0.15, -0.1) is 0 Å². The molecule has 0 bridgehead atoms. The van der Waals surface area contributed by atoms with Gasteiger partial charge < -0.3 is 5.11 Å². The second kappa shape index (κ2) is 5.94. The molecule has 0 fully saturated rings. The normalized spacial score (nSPS) is 10.7. The predicted molar refractivity (Wildman–Crippen MR) is 85.9 cm³/mol. The molecule has 23 heavy (non-hydrogen) atoms. The Bertz CT molecular complexity index is 942. The Kier molecular flexibility index (Phi) is 3.97. The van der Waals surface area contributed by atoms with Crippen LogP contribution in [0.5, 0.6) is 0 Å². The molecule has 0 radical (unpaired) electrons. The second-order valence-electron chi connectivity index (χ2n) is 4.59. The minimum Gasteiger partial charge on any atom is -0.478 e. The third-order valence-electron chi connectivity index (χ3n) is 3.04. The Morgan fingerprint density at radius 2 is 1.91 bits per heavy atom. The maximum absolute atomic E-state index is 13.4. The standard InChI is InChI=1S/C15H8ClFN2O3S/c16-9-3-1-7(5-10(9)17)13(20)19-15-18-11-4-2-8(14(21)22)6-12(11)23-15/h1-6H,(H,21,22)(H,18,19,20). The van der Waals surface area contributed by atoms with Crippen LogP contribution >= 0.6 is 22.9 Å². The molecule has 2 aromatic carbocycles. The van der Waals surface area contributed by atoms with Crippen LogP contribution in [0, 0.1) is 5.82 Å². The number of nitrogens with zero attached hydrogens (tertiary/aromatic N) is 1. The van der Waals surface area contributed by atoms with E-state index in [-0.39, 0.29) is 16.1 Å². The lowest BCUT2D eigenvalue weighted by Gasteiger charge is -2.02. The molecule has 0 saturated heterocycles. The molecular formula is C15H8ClFN2O3S. The number of carbonyl (C=O) groups is 2. The van der Waals surface area contributed by atoms with Crippen molar-refractivity contribution in [2.45, 2.75) is 0 Å². The highest BCUT2D eigenvalue weighted by molar-refractivity contribution is 7.22. The molecule has 0 spiro atoms. The van der Waals surface area contributed by atoms with E-state index in [0.29, 0.717) is 15.3 Å². The molecule has 1 amide bonds. The van der Waals surface area contributed by atoms with E-state index >= 15 is 0 Å². The molecule has 0 aliphatic carbocycles. The van der Waals surface area contributed by atoms with Gasteiger partial charge in [0.25, 0.3) is 5.91 Å². The SMILES string of the molecule is O=C(O)c1ccc2nc(NC(=O)c3ccc(Cl)c(F)c3)sc2c1. The van der Waals surface area contributed by atoms with E-state index in [1.807, 2.05) is 0 Å². The molecule has 0 unspecified atom stereocenters. The van der Waals surface area contributed by atoms with Gasteiger partial charge in [-0.25, -0.2) is 14.2 Å². The van der Waals surface area contributed by atoms with Gasteiger partial charge in [0.05, 0.1) is 20.8 Å². The lowest BCUT2D eigenvalue weighted by Crippen LogP contribution is -2.11. The molecule has 0 aliphatic rings. The average Bonchev–Trinajstić information content (AvgIpc) is 2.90. The third-order valence-corrected chi connectivity index (χ3v) is 4.28. The fraction of sp³-hybridized carbons (Fsp3) is 0. The summed E-state index contributed by atoms with van der Waals surface area (Å²) in [7, 11) is 0. The smallest absolute Gasteiger partial charge is 0.335 e. The Labute approximate surface area is 138 Å². The molecule has 2 N–H and O–H groups in total. The number of thiazole rings is 1. The summed E-state index contributed by atoms with van der Waals surface area (Å²) in [4.78, 5) is 27.2. The first-order valence-electron chi connectivity index (χ1n) is 6.34. The molecule has 3 rings (SSSR count). The van der Waals surface area contributed by atoms with Crippen LogP contribution < -0.4 is 5.32 Å². The number of anilines is 1. The molecule has 8 heteroatoms. The maximum atomic E-state index is 13.4. The number of carbonyl (C=O) groups excluding carboxylic acids is 1. The van der Waals surface area contributed by atoms with Crippen molar-refractivity contribution in [3.8, 4) is 0 Å². The van der Waals surface area contributed by atoms with E-state index in [9.17, 15) is 14.0 Å². The summed E-state index contributed by atoms with van der Waals surface area (Å²) in [6.07, 6.45) is 0. The summed E-state index contributed by atoms with van der Waals surface area (Å²) in [5.74, 6) is -2.25. The van der Waals surface area contributed by atoms with Crippen LogP contribution in [0.2, 0.25) is 5.02 Å². The van der Waals surface area contributed by atoms with Crippen molar-refractivity contribution in [1.29, 1.82) is 0 Å². The number of rotatable bonds is 3. The first-order valence-corrected chi connectivity index (χ1v) is 7.54. The van der Waals surface area contributed by atoms with Crippen LogP contribution in [-0.2, 0) is 0 Å². The zero-order chi connectivity index (χ0) is 16.6. The van der Waals surface area contributed by atoms with E-state index < -0.39 is 17.7 Å². The molecule has 0 saturated carbocycles. The van der Waals surface area contributed by atoms with Crippen molar-refractivity contribution >= 4 is 50.2 Å². The summed E-state index contributed by atoms with van der Waals surface area (Å²) in [6, 6.07) is 8.21. The molecule has 0 aliphatic heterocycles. The first-order chi connectivity index (χ1) is 10.9. The highest BCUT2D eigenvalue weighted by atomic mass is 35.5. The largest absolute Gasteiger partial charge is 0.478 e. The Morgan fingerprint density at radius 1 is 1.17 bits per heavy atom. The lowest BCUT2D eigenvalue weighted by atomic mass is 10.2. The summed E-state index contributed by atoms with van der Waals surface area (Å²) in [5, 5.41) is 11.7. The number of carboxylic acids is 1. The number of hydrogen-bond donors (Lipinski definition) is 2. The van der Waals surface area contributed by atoms with Crippen LogP contribution in [0.1, 0.15) is 20.7 Å². The number of benzene rings is 2. The summed E-state index contributed by atoms with van der Waals surface area (Å²) >= 11 is 6.71. The van der Waals surface area contributed by atoms with Gasteiger partial charge in [-0.1, -0.05) is 22.9 Å². The number of amides is 1. The second-order valence-corrected chi connectivity index (χ2v) is 6.03. The van der Waals surface area contributed by atoms with Crippen LogP contribution in [0.15, 0.2) is 36.4 Å². The number of halogens is 2. The predicted octanol–water partition coefficient (Wildman–Crippen LogP) is 4.04. The zero-order valence-corrected chi connectivity index (χ0v) is 12.9. The summed E-state index contributed by atoms with van der Waals surface area (Å²) in [5.41, 5.74) is 0.814. The van der Waals surface area contributed by atoms with Crippen molar-refractivity contribution in [2.75, 3.05) is 5.32 Å². The minimum atomic E-state index is -1.04. The van der Waals surface area contributed by atoms with Crippen molar-refractivity contribution in [2.24, 2.45) is 0 Å². The van der Waals surface area contributed by atoms with Crippen molar-refractivity contribution in [1.82, 2.24) is 4.98 Å². The molecular weight excluding hydrogens is 343 g/mol. The van der Waals surface area contributed by atoms with Crippen molar-refractivity contribution < 1.29 is 19.1 Å². The summed E-state index contributed by atoms with van der Waals surface area (Å²) < 4.78 is 14.0. The fourth-order valence-corrected chi connectivity index (χ4v) is 2.94. The fourth-order valence-electron chi connectivity index (χ4n) is 1.92. The Hall–Kier alpha value is -2.51. The molecule has 1 heterocycles. The van der Waals surface area contributed by atoms with Gasteiger partial charge >= 0.3 is 5.97 Å². The van der Waals surface area contributed by atoms with Crippen LogP contribution in [-0.4, -0.2) is 22.0 Å². The van der Waals surface area contributed by atoms with E-state index in [0.717, 1.165) is 17.4 Å². The number of aromatic carboxylic acids is 1. The van der Waals surface area contributed by atoms with Gasteiger partial charge in [0.15, 0.2) is 5.13 Å². The van der Waals surface area contributed by atoms with Gasteiger partial charge in [0, 0.05) is 5.56 Å². The lowest BCUT2D eigenvalue weighted by molar-refractivity contribution is 0.0697. The monoisotopic (exact) mass is 350 g/mol. The third kappa shape index (κ3) is 3.15. The van der Waals surface area contributed by atoms with Gasteiger partial charge in [0.1, 0.15) is 5.82 Å². The van der Waals surface area contributed by atoms with Crippen LogP contribution in [0.25, 0.3) is 10.2 Å². The van der Waals surface area contributed by atoms with Gasteiger partial charge in [-0.2, -0.15) is 0 Å². The van der Waals surface area contributed by atoms with Gasteiger partial charge in [-0.05, 0) is 36.4 Å². The van der Waals surface area contributed by atoms with E-state index in [2.05, 4.69) is 10.3 Å². The molecule has 116 valence electrons. The maximum Gasteiger partial charge on any atom is 0.335 e. The molecule has 1 aromatic heterocycles. The number of carboxylic acid groups (broad SMARTS) is 1. The average molecular weight is 351 g/mol. The number of hydrogen-bond acceptors (Lipinski definition) is 4.